The molecule has 0 atom stereocenters. The van der Waals surface area contributed by atoms with Gasteiger partial charge in [-0.3, -0.25) is 0 Å². The van der Waals surface area contributed by atoms with Crippen LogP contribution in [0.25, 0.3) is 0 Å². The molecule has 0 aliphatic heterocycles. The van der Waals surface area contributed by atoms with Crippen molar-refractivity contribution in [1.29, 1.82) is 0 Å². The molecule has 0 unspecified atom stereocenters. The Morgan fingerprint density at radius 1 is 0.500 bits per heavy atom. The SMILES string of the molecule is [Cu].[NaH].[NaH].[NaH]. The van der Waals surface area contributed by atoms with Crippen molar-refractivity contribution in [3.05, 3.63) is 0 Å². The number of hydrogen-bond donors (Lipinski definition) is 0. The molecule has 0 aromatic rings. The first-order chi connectivity index (χ1) is 0. The van der Waals surface area contributed by atoms with Gasteiger partial charge >= 0.3 is 88.7 Å². The molecule has 0 aromatic heterocycles. The van der Waals surface area contributed by atoms with E-state index in [-0.39, 0.29) is 106 Å². The van der Waals surface area contributed by atoms with Crippen molar-refractivity contribution in [3.63, 3.8) is 0 Å². The summed E-state index contributed by atoms with van der Waals surface area (Å²) in [6.07, 6.45) is 0. The van der Waals surface area contributed by atoms with Crippen LogP contribution in [0.3, 0.4) is 0 Å². The fourth-order valence-corrected chi connectivity index (χ4v) is 0. The Labute approximate surface area is 103 Å². The van der Waals surface area contributed by atoms with Crippen LogP contribution in [0, 0.1) is 0 Å². The van der Waals surface area contributed by atoms with Gasteiger partial charge in [0, 0.05) is 17.1 Å². The Morgan fingerprint density at radius 3 is 0.500 bits per heavy atom. The molecule has 0 spiro atoms. The van der Waals surface area contributed by atoms with Gasteiger partial charge in [0.1, 0.15) is 0 Å². The van der Waals surface area contributed by atoms with Gasteiger partial charge in [-0.15, -0.1) is 0 Å². The summed E-state index contributed by atoms with van der Waals surface area (Å²) < 4.78 is 0. The Morgan fingerprint density at radius 2 is 0.500 bits per heavy atom. The standard InChI is InChI=1S/Cu.3Na.3H. The summed E-state index contributed by atoms with van der Waals surface area (Å²) in [4.78, 5) is 0. The van der Waals surface area contributed by atoms with Crippen molar-refractivity contribution in [3.8, 4) is 0 Å². The van der Waals surface area contributed by atoms with Gasteiger partial charge in [0.2, 0.25) is 0 Å². The van der Waals surface area contributed by atoms with E-state index in [1.165, 1.54) is 0 Å². The predicted molar refractivity (Wildman–Crippen MR) is 21.4 cm³/mol. The average molecular weight is 136 g/mol. The second-order valence-corrected chi connectivity index (χ2v) is 0. The first-order valence-corrected chi connectivity index (χ1v) is 0. The van der Waals surface area contributed by atoms with Gasteiger partial charge in [0.05, 0.1) is 0 Å². The summed E-state index contributed by atoms with van der Waals surface area (Å²) in [5.41, 5.74) is 0. The molecule has 0 amide bonds. The van der Waals surface area contributed by atoms with Crippen LogP contribution in [0.2, 0.25) is 0 Å². The van der Waals surface area contributed by atoms with E-state index in [1.807, 2.05) is 0 Å². The van der Waals surface area contributed by atoms with Crippen LogP contribution in [0.1, 0.15) is 0 Å². The van der Waals surface area contributed by atoms with Crippen LogP contribution >= 0.6 is 0 Å². The van der Waals surface area contributed by atoms with Crippen LogP contribution in [-0.2, 0) is 17.1 Å². The van der Waals surface area contributed by atoms with E-state index in [4.69, 9.17) is 0 Å². The van der Waals surface area contributed by atoms with E-state index < -0.39 is 0 Å². The molecule has 4 heteroatoms. The van der Waals surface area contributed by atoms with Gasteiger partial charge in [-0.05, 0) is 0 Å². The summed E-state index contributed by atoms with van der Waals surface area (Å²) in [5.74, 6) is 0. The fraction of sp³-hybridized carbons (Fsp3) is 0. The maximum atomic E-state index is 0. The van der Waals surface area contributed by atoms with Gasteiger partial charge in [-0.2, -0.15) is 0 Å². The molecule has 0 heterocycles. The van der Waals surface area contributed by atoms with Crippen molar-refractivity contribution in [2.24, 2.45) is 0 Å². The molecule has 0 rings (SSSR count). The van der Waals surface area contributed by atoms with Crippen molar-refractivity contribution >= 4 is 88.7 Å². The van der Waals surface area contributed by atoms with Crippen LogP contribution in [0.5, 0.6) is 0 Å². The van der Waals surface area contributed by atoms with Gasteiger partial charge in [0.25, 0.3) is 0 Å². The molecular formula is H3CuNa3. The van der Waals surface area contributed by atoms with E-state index in [0.29, 0.717) is 0 Å². The summed E-state index contributed by atoms with van der Waals surface area (Å²) in [6, 6.07) is 0. The first kappa shape index (κ1) is 25.8. The molecule has 17 valence electrons. The van der Waals surface area contributed by atoms with Gasteiger partial charge in [-0.25, -0.2) is 0 Å². The third kappa shape index (κ3) is 9.10. The van der Waals surface area contributed by atoms with E-state index in [9.17, 15) is 0 Å². The Hall–Kier alpha value is 3.52. The molecule has 0 N–H and O–H groups in total. The molecule has 0 aliphatic rings. The van der Waals surface area contributed by atoms with Gasteiger partial charge in [-0.1, -0.05) is 0 Å². The summed E-state index contributed by atoms with van der Waals surface area (Å²) in [7, 11) is 0. The third-order valence-electron chi connectivity index (χ3n) is 0. The zero-order valence-electron chi connectivity index (χ0n) is 0.302. The Balaban J connectivity index is 0. The quantitative estimate of drug-likeness (QED) is 0.339. The molecule has 0 bridgehead atoms. The van der Waals surface area contributed by atoms with E-state index in [0.717, 1.165) is 0 Å². The van der Waals surface area contributed by atoms with Crippen LogP contribution < -0.4 is 0 Å². The van der Waals surface area contributed by atoms with Crippen LogP contribution in [0.4, 0.5) is 0 Å². The zero-order valence-corrected chi connectivity index (χ0v) is 1.24. The Bertz CT molecular complexity index is 3.25. The number of rotatable bonds is 0. The topological polar surface area (TPSA) is 0 Å². The monoisotopic (exact) mass is 135 g/mol. The Kier molecular flexibility index (Phi) is 103. The minimum absolute atomic E-state index is 0. The molecule has 0 saturated carbocycles. The molecule has 0 aliphatic carbocycles. The molecule has 1 radical (unpaired) electrons. The summed E-state index contributed by atoms with van der Waals surface area (Å²) in [6.45, 7) is 0. The van der Waals surface area contributed by atoms with Crippen molar-refractivity contribution in [2.45, 2.75) is 0 Å². The zero-order chi connectivity index (χ0) is 0. The molecule has 0 nitrogen and oxygen atoms in total. The van der Waals surface area contributed by atoms with Gasteiger partial charge in [0.15, 0.2) is 0 Å². The van der Waals surface area contributed by atoms with Crippen molar-refractivity contribution in [1.82, 2.24) is 0 Å². The van der Waals surface area contributed by atoms with E-state index in [2.05, 4.69) is 0 Å². The normalized spacial score (nSPS) is 0. The molecule has 4 heavy (non-hydrogen) atoms. The second kappa shape index (κ2) is 16.0. The van der Waals surface area contributed by atoms with Crippen LogP contribution in [0.15, 0.2) is 0 Å². The predicted octanol–water partition coefficient (Wildman–Crippen LogP) is -1.95. The molecule has 0 aromatic carbocycles. The summed E-state index contributed by atoms with van der Waals surface area (Å²) >= 11 is 0. The third-order valence-corrected chi connectivity index (χ3v) is 0. The number of hydrogen-bond acceptors (Lipinski definition) is 0. The van der Waals surface area contributed by atoms with E-state index >= 15 is 0 Å². The van der Waals surface area contributed by atoms with E-state index in [1.54, 1.807) is 0 Å². The fourth-order valence-electron chi connectivity index (χ4n) is 0. The second-order valence-electron chi connectivity index (χ2n) is 0. The average Bonchev–Trinajstić information content (AvgIpc) is 0. The molecular weight excluding hydrogens is 133 g/mol. The summed E-state index contributed by atoms with van der Waals surface area (Å²) in [5, 5.41) is 0. The van der Waals surface area contributed by atoms with Crippen molar-refractivity contribution in [2.75, 3.05) is 0 Å². The van der Waals surface area contributed by atoms with Crippen molar-refractivity contribution < 1.29 is 17.1 Å². The molecule has 0 saturated heterocycles. The maximum absolute atomic E-state index is 0. The minimum atomic E-state index is 0. The van der Waals surface area contributed by atoms with Gasteiger partial charge < -0.3 is 0 Å². The molecule has 0 fully saturated rings. The first-order valence-electron chi connectivity index (χ1n) is 0. The van der Waals surface area contributed by atoms with Crippen LogP contribution in [-0.4, -0.2) is 88.7 Å².